The van der Waals surface area contributed by atoms with Gasteiger partial charge in [-0.05, 0) is 49.4 Å². The number of amides is 1. The maximum absolute atomic E-state index is 12.9. The van der Waals surface area contributed by atoms with Crippen LogP contribution in [0.25, 0.3) is 0 Å². The first-order valence-corrected chi connectivity index (χ1v) is 12.6. The highest BCUT2D eigenvalue weighted by molar-refractivity contribution is 6.32. The molecule has 0 aliphatic carbocycles. The van der Waals surface area contributed by atoms with Gasteiger partial charge < -0.3 is 9.47 Å². The fourth-order valence-electron chi connectivity index (χ4n) is 4.79. The van der Waals surface area contributed by atoms with Crippen LogP contribution in [0.3, 0.4) is 0 Å². The van der Waals surface area contributed by atoms with E-state index in [0.717, 1.165) is 36.9 Å². The molecule has 0 aromatic heterocycles. The average molecular weight is 516 g/mol. The third-order valence-corrected chi connectivity index (χ3v) is 7.04. The topological polar surface area (TPSA) is 102 Å². The second kappa shape index (κ2) is 12.2. The molecule has 0 spiro atoms. The lowest BCUT2D eigenvalue weighted by Gasteiger charge is -2.35. The van der Waals surface area contributed by atoms with Crippen LogP contribution in [0.1, 0.15) is 43.2 Å². The van der Waals surface area contributed by atoms with Crippen molar-refractivity contribution in [1.29, 1.82) is 0 Å². The summed E-state index contributed by atoms with van der Waals surface area (Å²) in [6, 6.07) is 13.6. The van der Waals surface area contributed by atoms with Crippen LogP contribution in [-0.2, 0) is 27.4 Å². The summed E-state index contributed by atoms with van der Waals surface area (Å²) in [5, 5.41) is 11.3. The largest absolute Gasteiger partial charge is 0.459 e. The monoisotopic (exact) mass is 515 g/mol. The molecule has 0 N–H and O–H groups in total. The van der Waals surface area contributed by atoms with Gasteiger partial charge >= 0.3 is 12.1 Å². The molecule has 10 heteroatoms. The van der Waals surface area contributed by atoms with Gasteiger partial charge in [-0.1, -0.05) is 54.4 Å². The van der Waals surface area contributed by atoms with Gasteiger partial charge in [0.15, 0.2) is 0 Å². The van der Waals surface area contributed by atoms with Crippen LogP contribution in [0.2, 0.25) is 5.02 Å². The second-order valence-corrected chi connectivity index (χ2v) is 9.59. The van der Waals surface area contributed by atoms with Gasteiger partial charge in [-0.3, -0.25) is 19.9 Å². The summed E-state index contributed by atoms with van der Waals surface area (Å²) in [5.74, 6) is -0.420. The number of esters is 1. The molecule has 2 aliphatic rings. The number of hydrogen-bond acceptors (Lipinski definition) is 7. The van der Waals surface area contributed by atoms with Crippen molar-refractivity contribution in [2.45, 2.75) is 57.3 Å². The Balaban J connectivity index is 1.32. The Hall–Kier alpha value is -3.17. The molecule has 2 aromatic rings. The third kappa shape index (κ3) is 6.53. The zero-order chi connectivity index (χ0) is 25.5. The van der Waals surface area contributed by atoms with Gasteiger partial charge in [-0.2, -0.15) is 0 Å². The van der Waals surface area contributed by atoms with Gasteiger partial charge in [-0.15, -0.1) is 0 Å². The molecule has 2 heterocycles. The lowest BCUT2D eigenvalue weighted by atomic mass is 10.0. The molecule has 0 saturated carbocycles. The number of carbonyl (C=O) groups excluding carboxylic acids is 2. The molecule has 2 aliphatic heterocycles. The molecular weight excluding hydrogens is 486 g/mol. The van der Waals surface area contributed by atoms with Crippen LogP contribution in [0, 0.1) is 10.1 Å². The Morgan fingerprint density at radius 2 is 1.81 bits per heavy atom. The summed E-state index contributed by atoms with van der Waals surface area (Å²) < 4.78 is 11.1. The predicted octanol–water partition coefficient (Wildman–Crippen LogP) is 4.95. The highest BCUT2D eigenvalue weighted by atomic mass is 35.5. The van der Waals surface area contributed by atoms with Crippen molar-refractivity contribution in [2.75, 3.05) is 19.7 Å². The van der Waals surface area contributed by atoms with E-state index in [1.165, 1.54) is 11.0 Å². The van der Waals surface area contributed by atoms with Crippen LogP contribution >= 0.6 is 11.6 Å². The van der Waals surface area contributed by atoms with E-state index in [9.17, 15) is 19.7 Å². The summed E-state index contributed by atoms with van der Waals surface area (Å²) in [4.78, 5) is 39.9. The van der Waals surface area contributed by atoms with Crippen molar-refractivity contribution < 1.29 is 24.0 Å². The molecule has 2 saturated heterocycles. The van der Waals surface area contributed by atoms with E-state index in [0.29, 0.717) is 25.9 Å². The quantitative estimate of drug-likeness (QED) is 0.278. The molecule has 0 radical (unpaired) electrons. The Morgan fingerprint density at radius 3 is 2.58 bits per heavy atom. The number of hydrogen-bond donors (Lipinski definition) is 0. The molecule has 0 bridgehead atoms. The molecule has 4 rings (SSSR count). The van der Waals surface area contributed by atoms with Crippen LogP contribution in [0.5, 0.6) is 0 Å². The number of benzene rings is 2. The molecule has 2 fully saturated rings. The molecule has 2 atom stereocenters. The van der Waals surface area contributed by atoms with E-state index in [1.54, 1.807) is 12.1 Å². The minimum Gasteiger partial charge on any atom is -0.459 e. The number of nitrogens with zero attached hydrogens (tertiary/aromatic N) is 3. The standard InChI is InChI=1S/C26H30ClN3O6/c27-22-12-11-20(15-24(22)30(33)34)16-28-13-5-4-9-21(28)18-36-26(32)29-14-6-10-23(29)25(31)35-17-19-7-2-1-3-8-19/h1-3,7-8,11-12,15,21,23H,4-6,9-10,13-14,16-18H2. The number of nitro benzene ring substituents is 1. The molecule has 9 nitrogen and oxygen atoms in total. The minimum atomic E-state index is -0.640. The van der Waals surface area contributed by atoms with Gasteiger partial charge in [0, 0.05) is 25.2 Å². The Labute approximate surface area is 215 Å². The number of rotatable bonds is 8. The summed E-state index contributed by atoms with van der Waals surface area (Å²) in [6.07, 6.45) is 3.62. The number of ether oxygens (including phenoxy) is 2. The number of nitro groups is 1. The minimum absolute atomic E-state index is 0.0106. The summed E-state index contributed by atoms with van der Waals surface area (Å²) >= 11 is 5.94. The third-order valence-electron chi connectivity index (χ3n) is 6.72. The van der Waals surface area contributed by atoms with Crippen molar-refractivity contribution in [3.05, 3.63) is 74.8 Å². The summed E-state index contributed by atoms with van der Waals surface area (Å²) in [5.41, 5.74) is 1.56. The van der Waals surface area contributed by atoms with Gasteiger partial charge in [0.05, 0.1) is 4.92 Å². The number of likely N-dealkylation sites (tertiary alicyclic amines) is 2. The lowest BCUT2D eigenvalue weighted by molar-refractivity contribution is -0.384. The first-order chi connectivity index (χ1) is 17.4. The number of carbonyl (C=O) groups is 2. The van der Waals surface area contributed by atoms with E-state index in [2.05, 4.69) is 4.90 Å². The number of piperidine rings is 1. The van der Waals surface area contributed by atoms with Crippen molar-refractivity contribution in [2.24, 2.45) is 0 Å². The van der Waals surface area contributed by atoms with E-state index < -0.39 is 23.0 Å². The SMILES string of the molecule is O=C(OCc1ccccc1)C1CCCN1C(=O)OCC1CCCCN1Cc1ccc(Cl)c([N+](=O)[O-])c1. The van der Waals surface area contributed by atoms with E-state index >= 15 is 0 Å². The smallest absolute Gasteiger partial charge is 0.410 e. The Kier molecular flexibility index (Phi) is 8.77. The summed E-state index contributed by atoms with van der Waals surface area (Å²) in [7, 11) is 0. The maximum Gasteiger partial charge on any atom is 0.410 e. The van der Waals surface area contributed by atoms with Crippen molar-refractivity contribution >= 4 is 29.4 Å². The average Bonchev–Trinajstić information content (AvgIpc) is 3.38. The van der Waals surface area contributed by atoms with Gasteiger partial charge in [0.2, 0.25) is 0 Å². The lowest BCUT2D eigenvalue weighted by Crippen LogP contribution is -2.45. The maximum atomic E-state index is 12.9. The number of halogens is 1. The highest BCUT2D eigenvalue weighted by Crippen LogP contribution is 2.28. The summed E-state index contributed by atoms with van der Waals surface area (Å²) in [6.45, 7) is 2.11. The molecule has 2 aromatic carbocycles. The molecule has 192 valence electrons. The van der Waals surface area contributed by atoms with E-state index in [4.69, 9.17) is 21.1 Å². The first-order valence-electron chi connectivity index (χ1n) is 12.2. The fourth-order valence-corrected chi connectivity index (χ4v) is 4.98. The van der Waals surface area contributed by atoms with Gasteiger partial charge in [-0.25, -0.2) is 9.59 Å². The molecule has 36 heavy (non-hydrogen) atoms. The van der Waals surface area contributed by atoms with E-state index in [-0.39, 0.29) is 30.0 Å². The van der Waals surface area contributed by atoms with Crippen molar-refractivity contribution in [1.82, 2.24) is 9.80 Å². The molecule has 1 amide bonds. The highest BCUT2D eigenvalue weighted by Gasteiger charge is 2.37. The molecule has 2 unspecified atom stereocenters. The molecular formula is C26H30ClN3O6. The van der Waals surface area contributed by atoms with Crippen molar-refractivity contribution in [3.8, 4) is 0 Å². The zero-order valence-electron chi connectivity index (χ0n) is 20.0. The van der Waals surface area contributed by atoms with Crippen molar-refractivity contribution in [3.63, 3.8) is 0 Å². The van der Waals surface area contributed by atoms with Crippen LogP contribution in [0.15, 0.2) is 48.5 Å². The van der Waals surface area contributed by atoms with Gasteiger partial charge in [0.1, 0.15) is 24.3 Å². The van der Waals surface area contributed by atoms with E-state index in [1.807, 2.05) is 30.3 Å². The fraction of sp³-hybridized carbons (Fsp3) is 0.462. The van der Waals surface area contributed by atoms with Gasteiger partial charge in [0.25, 0.3) is 5.69 Å². The van der Waals surface area contributed by atoms with Crippen LogP contribution in [0.4, 0.5) is 10.5 Å². The van der Waals surface area contributed by atoms with Crippen LogP contribution < -0.4 is 0 Å². The first kappa shape index (κ1) is 25.9. The predicted molar refractivity (Wildman–Crippen MR) is 133 cm³/mol. The normalized spacial score (nSPS) is 20.2. The second-order valence-electron chi connectivity index (χ2n) is 9.18. The van der Waals surface area contributed by atoms with Crippen LogP contribution in [-0.4, -0.2) is 58.6 Å². The Bertz CT molecular complexity index is 1080. The Morgan fingerprint density at radius 1 is 1.00 bits per heavy atom. The zero-order valence-corrected chi connectivity index (χ0v) is 20.8.